The fourth-order valence-corrected chi connectivity index (χ4v) is 3.67. The van der Waals surface area contributed by atoms with Crippen LogP contribution in [0.25, 0.3) is 0 Å². The van der Waals surface area contributed by atoms with Crippen molar-refractivity contribution in [3.8, 4) is 0 Å². The van der Waals surface area contributed by atoms with Crippen LogP contribution < -0.4 is 0 Å². The molecule has 0 bridgehead atoms. The van der Waals surface area contributed by atoms with Gasteiger partial charge in [0.05, 0.1) is 12.1 Å². The summed E-state index contributed by atoms with van der Waals surface area (Å²) in [7, 11) is -2.36. The van der Waals surface area contributed by atoms with Crippen molar-refractivity contribution in [1.82, 2.24) is 9.97 Å². The highest BCUT2D eigenvalue weighted by molar-refractivity contribution is 6.69. The molecule has 4 nitrogen and oxygen atoms in total. The summed E-state index contributed by atoms with van der Waals surface area (Å²) in [5.74, 6) is -3.17. The van der Waals surface area contributed by atoms with Crippen LogP contribution in [0.15, 0.2) is 30.7 Å². The number of aromatic nitrogens is 2. The molecule has 2 atom stereocenters. The van der Waals surface area contributed by atoms with Gasteiger partial charge >= 0.3 is 0 Å². The third kappa shape index (κ3) is 4.38. The monoisotopic (exact) mass is 390 g/mol. The minimum atomic E-state index is -2.36. The minimum absolute atomic E-state index is 0.246. The first-order chi connectivity index (χ1) is 11.6. The van der Waals surface area contributed by atoms with Crippen molar-refractivity contribution in [2.45, 2.75) is 31.3 Å². The van der Waals surface area contributed by atoms with Crippen molar-refractivity contribution < 1.29 is 22.7 Å². The fraction of sp³-hybridized carbons (Fsp3) is 0.375. The topological polar surface area (TPSA) is 55.2 Å². The van der Waals surface area contributed by atoms with Gasteiger partial charge in [0.2, 0.25) is 0 Å². The molecule has 1 N–H and O–H groups in total. The fourth-order valence-electron chi connectivity index (χ4n) is 2.37. The molecule has 1 aromatic carbocycles. The highest BCUT2D eigenvalue weighted by atomic mass is 35.5. The molecule has 0 unspecified atom stereocenters. The second kappa shape index (κ2) is 7.41. The number of nitrogens with zero attached hydrogens (tertiary/aromatic N) is 2. The Balaban J connectivity index is 2.65. The van der Waals surface area contributed by atoms with E-state index in [9.17, 15) is 18.3 Å². The molecule has 0 amide bonds. The van der Waals surface area contributed by atoms with Crippen molar-refractivity contribution in [3.05, 3.63) is 59.4 Å². The molecule has 0 saturated heterocycles. The van der Waals surface area contributed by atoms with Gasteiger partial charge in [-0.1, -0.05) is 6.07 Å². The van der Waals surface area contributed by atoms with Gasteiger partial charge in [0.15, 0.2) is 14.1 Å². The Hall–Kier alpha value is -1.48. The van der Waals surface area contributed by atoms with Crippen molar-refractivity contribution in [3.63, 3.8) is 0 Å². The summed E-state index contributed by atoms with van der Waals surface area (Å²) >= 11 is 5.94. The van der Waals surface area contributed by atoms with Gasteiger partial charge in [-0.2, -0.15) is 0 Å². The molecule has 136 valence electrons. The molecular formula is C16H18ClF3N2O2Si. The van der Waals surface area contributed by atoms with Crippen LogP contribution in [0.4, 0.5) is 13.2 Å². The summed E-state index contributed by atoms with van der Waals surface area (Å²) in [5, 5.41) is 11.1. The summed E-state index contributed by atoms with van der Waals surface area (Å²) in [6.07, 6.45) is 0.618. The van der Waals surface area contributed by atoms with Gasteiger partial charge in [-0.25, -0.2) is 23.1 Å². The van der Waals surface area contributed by atoms with Crippen LogP contribution in [0.1, 0.15) is 17.4 Å². The second-order valence-corrected chi connectivity index (χ2v) is 11.3. The quantitative estimate of drug-likeness (QED) is 0.600. The van der Waals surface area contributed by atoms with Gasteiger partial charge in [0.25, 0.3) is 0 Å². The molecule has 25 heavy (non-hydrogen) atoms. The number of alkyl halides is 1. The van der Waals surface area contributed by atoms with E-state index in [1.54, 1.807) is 0 Å². The third-order valence-corrected chi connectivity index (χ3v) is 4.80. The van der Waals surface area contributed by atoms with E-state index < -0.39 is 43.4 Å². The van der Waals surface area contributed by atoms with E-state index in [2.05, 4.69) is 9.97 Å². The van der Waals surface area contributed by atoms with Gasteiger partial charge in [0, 0.05) is 11.6 Å². The zero-order chi connectivity index (χ0) is 18.8. The molecule has 0 aliphatic rings. The van der Waals surface area contributed by atoms with Crippen LogP contribution in [0.2, 0.25) is 19.6 Å². The maximum Gasteiger partial charge on any atom is 0.184 e. The number of halogens is 4. The summed E-state index contributed by atoms with van der Waals surface area (Å²) in [6.45, 7) is 5.44. The zero-order valence-electron chi connectivity index (χ0n) is 13.9. The number of hydrogen-bond acceptors (Lipinski definition) is 4. The van der Waals surface area contributed by atoms with E-state index in [-0.39, 0.29) is 11.3 Å². The minimum Gasteiger partial charge on any atom is -0.406 e. The molecule has 2 aromatic rings. The van der Waals surface area contributed by atoms with Crippen LogP contribution in [-0.2, 0) is 10.0 Å². The lowest BCUT2D eigenvalue weighted by atomic mass is 9.87. The van der Waals surface area contributed by atoms with E-state index in [1.807, 2.05) is 19.6 Å². The van der Waals surface area contributed by atoms with Gasteiger partial charge in [0.1, 0.15) is 35.4 Å². The number of hydrogen-bond donors (Lipinski definition) is 1. The average Bonchev–Trinajstić information content (AvgIpc) is 2.52. The molecule has 1 aromatic heterocycles. The van der Waals surface area contributed by atoms with Crippen molar-refractivity contribution in [2.24, 2.45) is 0 Å². The van der Waals surface area contributed by atoms with Crippen LogP contribution in [0.5, 0.6) is 0 Å². The molecule has 0 aliphatic heterocycles. The summed E-state index contributed by atoms with van der Waals surface area (Å²) in [4.78, 5) is 7.41. The average molecular weight is 391 g/mol. The van der Waals surface area contributed by atoms with Gasteiger partial charge < -0.3 is 9.53 Å². The lowest BCUT2D eigenvalue weighted by Crippen LogP contribution is -2.43. The second-order valence-electron chi connectivity index (χ2n) is 6.55. The Morgan fingerprint density at radius 1 is 1.24 bits per heavy atom. The molecule has 9 heteroatoms. The number of rotatable bonds is 6. The Morgan fingerprint density at radius 2 is 1.92 bits per heavy atom. The first kappa shape index (κ1) is 19.8. The molecule has 2 rings (SSSR count). The highest BCUT2D eigenvalue weighted by Crippen LogP contribution is 2.41. The molecule has 0 aliphatic carbocycles. The predicted molar refractivity (Wildman–Crippen MR) is 90.1 cm³/mol. The van der Waals surface area contributed by atoms with Crippen LogP contribution in [0.3, 0.4) is 0 Å². The van der Waals surface area contributed by atoms with Crippen LogP contribution >= 0.6 is 11.6 Å². The van der Waals surface area contributed by atoms with Crippen LogP contribution in [-0.4, -0.2) is 29.3 Å². The SMILES string of the molecule is C[Si](C)(C)O[C@H](c1ncncc1F)[C@](O)(CCl)c1ccc(F)cc1F. The van der Waals surface area contributed by atoms with Gasteiger partial charge in [-0.3, -0.25) is 0 Å². The van der Waals surface area contributed by atoms with Crippen molar-refractivity contribution >= 4 is 19.9 Å². The van der Waals surface area contributed by atoms with Crippen molar-refractivity contribution in [1.29, 1.82) is 0 Å². The first-order valence-corrected chi connectivity index (χ1v) is 11.4. The normalized spacial score (nSPS) is 15.7. The number of benzene rings is 1. The van der Waals surface area contributed by atoms with E-state index in [1.165, 1.54) is 0 Å². The maximum absolute atomic E-state index is 14.3. The first-order valence-electron chi connectivity index (χ1n) is 7.45. The molecule has 0 fully saturated rings. The van der Waals surface area contributed by atoms with Gasteiger partial charge in [-0.05, 0) is 25.7 Å². The van der Waals surface area contributed by atoms with Gasteiger partial charge in [-0.15, -0.1) is 11.6 Å². The Morgan fingerprint density at radius 3 is 2.44 bits per heavy atom. The zero-order valence-corrected chi connectivity index (χ0v) is 15.7. The molecular weight excluding hydrogens is 373 g/mol. The van der Waals surface area contributed by atoms with E-state index in [0.717, 1.165) is 24.7 Å². The lowest BCUT2D eigenvalue weighted by molar-refractivity contribution is -0.0622. The Bertz CT molecular complexity index is 760. The summed E-state index contributed by atoms with van der Waals surface area (Å²) < 4.78 is 47.7. The van der Waals surface area contributed by atoms with E-state index in [4.69, 9.17) is 16.0 Å². The smallest absolute Gasteiger partial charge is 0.184 e. The van der Waals surface area contributed by atoms with Crippen LogP contribution in [0, 0.1) is 17.5 Å². The third-order valence-electron chi connectivity index (χ3n) is 3.45. The predicted octanol–water partition coefficient (Wildman–Crippen LogP) is 3.91. The summed E-state index contributed by atoms with van der Waals surface area (Å²) in [5.41, 5.74) is -2.70. The Kier molecular flexibility index (Phi) is 5.88. The largest absolute Gasteiger partial charge is 0.406 e. The summed E-state index contributed by atoms with van der Waals surface area (Å²) in [6, 6.07) is 2.67. The molecule has 0 radical (unpaired) electrons. The maximum atomic E-state index is 14.3. The highest BCUT2D eigenvalue weighted by Gasteiger charge is 2.45. The van der Waals surface area contributed by atoms with Crippen molar-refractivity contribution in [2.75, 3.05) is 5.88 Å². The lowest BCUT2D eigenvalue weighted by Gasteiger charge is -2.38. The molecule has 0 spiro atoms. The molecule has 0 saturated carbocycles. The standard InChI is InChI=1S/C16H18ClF3N2O2Si/c1-25(2,3)24-15(14-13(20)7-21-9-22-14)16(23,8-17)11-5-4-10(18)6-12(11)19/h4-7,9,15,23H,8H2,1-3H3/t15-,16+/m1/s1. The number of aliphatic hydroxyl groups is 1. The van der Waals surface area contributed by atoms with E-state index in [0.29, 0.717) is 6.07 Å². The molecule has 1 heterocycles. The van der Waals surface area contributed by atoms with E-state index >= 15 is 0 Å². The Labute approximate surface area is 149 Å².